The van der Waals surface area contributed by atoms with Gasteiger partial charge in [0.05, 0.1) is 7.11 Å². The fourth-order valence-electron chi connectivity index (χ4n) is 1.75. The number of rotatable bonds is 5. The van der Waals surface area contributed by atoms with Gasteiger partial charge in [-0.15, -0.1) is 0 Å². The van der Waals surface area contributed by atoms with Crippen molar-refractivity contribution in [3.8, 4) is 11.5 Å². The van der Waals surface area contributed by atoms with Gasteiger partial charge in [0.15, 0.2) is 11.5 Å². The molecule has 0 radical (unpaired) electrons. The maximum Gasteiger partial charge on any atom is 0.420 e. The van der Waals surface area contributed by atoms with Gasteiger partial charge in [0.1, 0.15) is 5.56 Å². The summed E-state index contributed by atoms with van der Waals surface area (Å²) in [5.41, 5.74) is 4.56. The second-order valence-corrected chi connectivity index (χ2v) is 4.12. The van der Waals surface area contributed by atoms with E-state index >= 15 is 0 Å². The van der Waals surface area contributed by atoms with Crippen molar-refractivity contribution in [3.63, 3.8) is 0 Å². The molecule has 1 aromatic carbocycles. The lowest BCUT2D eigenvalue weighted by atomic mass is 9.99. The number of nitrogens with two attached hydrogens (primary N) is 1. The van der Waals surface area contributed by atoms with E-state index in [0.29, 0.717) is 0 Å². The standard InChI is InChI=1S/C12H14F3NO4/c1-20-11-7(12(13,14)15)3-2-6(10(11)19)8(16)4-5-9(17)18/h2-3,8,19H,4-5,16H2,1H3,(H,17,18). The molecule has 0 amide bonds. The summed E-state index contributed by atoms with van der Waals surface area (Å²) in [5.74, 6) is -2.53. The Morgan fingerprint density at radius 3 is 2.50 bits per heavy atom. The number of phenols is 1. The summed E-state index contributed by atoms with van der Waals surface area (Å²) >= 11 is 0. The SMILES string of the molecule is COc1c(C(F)(F)F)ccc(C(N)CCC(=O)O)c1O. The largest absolute Gasteiger partial charge is 0.504 e. The van der Waals surface area contributed by atoms with Crippen LogP contribution in [0, 0.1) is 0 Å². The second kappa shape index (κ2) is 6.00. The van der Waals surface area contributed by atoms with Crippen LogP contribution >= 0.6 is 0 Å². The van der Waals surface area contributed by atoms with Crippen LogP contribution in [0.2, 0.25) is 0 Å². The number of halogens is 3. The summed E-state index contributed by atoms with van der Waals surface area (Å²) in [4.78, 5) is 10.4. The van der Waals surface area contributed by atoms with Crippen LogP contribution in [0.3, 0.4) is 0 Å². The van der Waals surface area contributed by atoms with Gasteiger partial charge in [-0.3, -0.25) is 4.79 Å². The molecule has 1 aromatic rings. The second-order valence-electron chi connectivity index (χ2n) is 4.12. The van der Waals surface area contributed by atoms with Crippen molar-refractivity contribution >= 4 is 5.97 Å². The van der Waals surface area contributed by atoms with Gasteiger partial charge in [0, 0.05) is 18.0 Å². The van der Waals surface area contributed by atoms with E-state index in [4.69, 9.17) is 10.8 Å². The number of hydrogen-bond acceptors (Lipinski definition) is 4. The van der Waals surface area contributed by atoms with E-state index in [1.54, 1.807) is 0 Å². The number of carbonyl (C=O) groups is 1. The van der Waals surface area contributed by atoms with Crippen LogP contribution < -0.4 is 10.5 Å². The van der Waals surface area contributed by atoms with Crippen LogP contribution in [-0.2, 0) is 11.0 Å². The number of alkyl halides is 3. The first kappa shape index (κ1) is 16.1. The van der Waals surface area contributed by atoms with E-state index < -0.39 is 35.2 Å². The number of methoxy groups -OCH3 is 1. The third kappa shape index (κ3) is 3.53. The highest BCUT2D eigenvalue weighted by molar-refractivity contribution is 5.66. The van der Waals surface area contributed by atoms with Gasteiger partial charge in [-0.05, 0) is 12.5 Å². The Morgan fingerprint density at radius 2 is 2.05 bits per heavy atom. The minimum atomic E-state index is -4.67. The molecule has 0 aliphatic rings. The molecule has 0 aromatic heterocycles. The van der Waals surface area contributed by atoms with Gasteiger partial charge < -0.3 is 20.7 Å². The van der Waals surface area contributed by atoms with E-state index in [9.17, 15) is 23.1 Å². The number of phenolic OH excluding ortho intramolecular Hbond substituents is 1. The van der Waals surface area contributed by atoms with Gasteiger partial charge in [-0.1, -0.05) is 6.07 Å². The zero-order chi connectivity index (χ0) is 15.5. The smallest absolute Gasteiger partial charge is 0.420 e. The third-order valence-electron chi connectivity index (χ3n) is 2.74. The Balaban J connectivity index is 3.15. The zero-order valence-electron chi connectivity index (χ0n) is 10.6. The molecule has 0 saturated carbocycles. The van der Waals surface area contributed by atoms with Crippen LogP contribution in [0.1, 0.15) is 30.0 Å². The Labute approximate surface area is 112 Å². The van der Waals surface area contributed by atoms with Crippen molar-refractivity contribution in [3.05, 3.63) is 23.3 Å². The molecular weight excluding hydrogens is 279 g/mol. The number of carboxylic acid groups (broad SMARTS) is 1. The van der Waals surface area contributed by atoms with Gasteiger partial charge in [0.2, 0.25) is 0 Å². The molecule has 1 rings (SSSR count). The molecule has 5 nitrogen and oxygen atoms in total. The Morgan fingerprint density at radius 1 is 1.45 bits per heavy atom. The minimum absolute atomic E-state index is 0.0103. The lowest BCUT2D eigenvalue weighted by Gasteiger charge is -2.18. The van der Waals surface area contributed by atoms with Crippen LogP contribution in [0.5, 0.6) is 11.5 Å². The number of ether oxygens (including phenoxy) is 1. The number of hydrogen-bond donors (Lipinski definition) is 3. The van der Waals surface area contributed by atoms with Crippen molar-refractivity contribution in [2.24, 2.45) is 5.73 Å². The molecule has 1 atom stereocenters. The Bertz CT molecular complexity index is 502. The van der Waals surface area contributed by atoms with Crippen molar-refractivity contribution in [1.29, 1.82) is 0 Å². The number of carboxylic acids is 1. The lowest BCUT2D eigenvalue weighted by molar-refractivity contribution is -0.139. The van der Waals surface area contributed by atoms with Gasteiger partial charge in [0.25, 0.3) is 0 Å². The molecule has 0 saturated heterocycles. The first-order valence-electron chi connectivity index (χ1n) is 5.63. The highest BCUT2D eigenvalue weighted by Crippen LogP contribution is 2.44. The molecule has 8 heteroatoms. The zero-order valence-corrected chi connectivity index (χ0v) is 10.6. The molecule has 1 unspecified atom stereocenters. The van der Waals surface area contributed by atoms with Crippen LogP contribution in [-0.4, -0.2) is 23.3 Å². The maximum absolute atomic E-state index is 12.7. The predicted molar refractivity (Wildman–Crippen MR) is 63.5 cm³/mol. The molecule has 0 aliphatic carbocycles. The van der Waals surface area contributed by atoms with Crippen molar-refractivity contribution in [2.45, 2.75) is 25.1 Å². The lowest BCUT2D eigenvalue weighted by Crippen LogP contribution is -2.14. The van der Waals surface area contributed by atoms with Crippen LogP contribution in [0.25, 0.3) is 0 Å². The van der Waals surface area contributed by atoms with E-state index in [2.05, 4.69) is 4.74 Å². The number of aliphatic carboxylic acids is 1. The minimum Gasteiger partial charge on any atom is -0.504 e. The van der Waals surface area contributed by atoms with Gasteiger partial charge >= 0.3 is 12.1 Å². The summed E-state index contributed by atoms with van der Waals surface area (Å²) in [5, 5.41) is 18.4. The Kier molecular flexibility index (Phi) is 4.83. The van der Waals surface area contributed by atoms with Crippen LogP contribution in [0.4, 0.5) is 13.2 Å². The average Bonchev–Trinajstić information content (AvgIpc) is 2.34. The van der Waals surface area contributed by atoms with E-state index in [0.717, 1.165) is 19.2 Å². The predicted octanol–water partition coefficient (Wildman–Crippen LogP) is 2.28. The topological polar surface area (TPSA) is 92.8 Å². The Hall–Kier alpha value is -1.96. The first-order valence-corrected chi connectivity index (χ1v) is 5.63. The highest BCUT2D eigenvalue weighted by atomic mass is 19.4. The molecule has 0 heterocycles. The quantitative estimate of drug-likeness (QED) is 0.774. The highest BCUT2D eigenvalue weighted by Gasteiger charge is 2.36. The molecular formula is C12H14F3NO4. The molecule has 0 aliphatic heterocycles. The molecule has 112 valence electrons. The summed E-state index contributed by atoms with van der Waals surface area (Å²) in [6, 6.07) is 0.865. The molecule has 4 N–H and O–H groups in total. The molecule has 20 heavy (non-hydrogen) atoms. The van der Waals surface area contributed by atoms with E-state index in [-0.39, 0.29) is 18.4 Å². The number of aromatic hydroxyl groups is 1. The normalized spacial score (nSPS) is 13.1. The first-order chi connectivity index (χ1) is 9.18. The van der Waals surface area contributed by atoms with Crippen LogP contribution in [0.15, 0.2) is 12.1 Å². The maximum atomic E-state index is 12.7. The van der Waals surface area contributed by atoms with Crippen molar-refractivity contribution in [2.75, 3.05) is 7.11 Å². The summed E-state index contributed by atoms with van der Waals surface area (Å²) in [6.07, 6.45) is -4.95. The van der Waals surface area contributed by atoms with E-state index in [1.165, 1.54) is 0 Å². The summed E-state index contributed by atoms with van der Waals surface area (Å²) in [7, 11) is 0.997. The number of benzene rings is 1. The molecule has 0 fully saturated rings. The molecule has 0 bridgehead atoms. The van der Waals surface area contributed by atoms with Gasteiger partial charge in [-0.2, -0.15) is 13.2 Å². The fraction of sp³-hybridized carbons (Fsp3) is 0.417. The average molecular weight is 293 g/mol. The van der Waals surface area contributed by atoms with Gasteiger partial charge in [-0.25, -0.2) is 0 Å². The summed E-state index contributed by atoms with van der Waals surface area (Å²) < 4.78 is 42.7. The monoisotopic (exact) mass is 293 g/mol. The summed E-state index contributed by atoms with van der Waals surface area (Å²) in [6.45, 7) is 0. The van der Waals surface area contributed by atoms with Crippen molar-refractivity contribution in [1.82, 2.24) is 0 Å². The van der Waals surface area contributed by atoms with Crippen molar-refractivity contribution < 1.29 is 32.9 Å². The van der Waals surface area contributed by atoms with E-state index in [1.807, 2.05) is 0 Å². The third-order valence-corrected chi connectivity index (χ3v) is 2.74. The molecule has 0 spiro atoms. The fourth-order valence-corrected chi connectivity index (χ4v) is 1.75.